The predicted octanol–water partition coefficient (Wildman–Crippen LogP) is 4.07. The maximum absolute atomic E-state index is 5.88. The van der Waals surface area contributed by atoms with E-state index in [2.05, 4.69) is 34.6 Å². The minimum atomic E-state index is -0.0241. The van der Waals surface area contributed by atoms with Crippen molar-refractivity contribution in [3.8, 4) is 0 Å². The van der Waals surface area contributed by atoms with Gasteiger partial charge in [0, 0.05) is 0 Å². The van der Waals surface area contributed by atoms with Crippen LogP contribution in [0.5, 0.6) is 0 Å². The molecule has 0 aromatic carbocycles. The Balaban J connectivity index is 4.92. The topological polar surface area (TPSA) is 9.23 Å². The average molecular weight is 214 g/mol. The van der Waals surface area contributed by atoms with Crippen molar-refractivity contribution >= 4 is 16.3 Å². The maximum Gasteiger partial charge on any atom is 0.144 e. The van der Waals surface area contributed by atoms with Crippen LogP contribution in [0.3, 0.4) is 0 Å². The lowest BCUT2D eigenvalue weighted by Gasteiger charge is -2.47. The lowest BCUT2D eigenvalue weighted by molar-refractivity contribution is -0.0525. The Kier molecular flexibility index (Phi) is 6.33. The van der Waals surface area contributed by atoms with E-state index in [9.17, 15) is 0 Å². The monoisotopic (exact) mass is 214 g/mol. The zero-order chi connectivity index (χ0) is 11.2. The Morgan fingerprint density at radius 3 is 1.64 bits per heavy atom. The Morgan fingerprint density at radius 2 is 1.43 bits per heavy atom. The second-order valence-electron chi connectivity index (χ2n) is 4.19. The molecule has 0 rings (SSSR count). The van der Waals surface area contributed by atoms with Gasteiger partial charge in [-0.2, -0.15) is 0 Å². The van der Waals surface area contributed by atoms with Crippen LogP contribution < -0.4 is 0 Å². The minimum Gasteiger partial charge on any atom is -0.367 e. The van der Waals surface area contributed by atoms with E-state index in [1.807, 2.05) is 0 Å². The van der Waals surface area contributed by atoms with Gasteiger partial charge in [0.2, 0.25) is 0 Å². The summed E-state index contributed by atoms with van der Waals surface area (Å²) >= 11 is 0. The highest BCUT2D eigenvalue weighted by atomic mass is 31.1. The summed E-state index contributed by atoms with van der Waals surface area (Å²) in [7, 11) is 5.68. The van der Waals surface area contributed by atoms with Crippen molar-refractivity contribution < 1.29 is 4.52 Å². The first-order chi connectivity index (χ1) is 6.55. The SMILES string of the molecule is [B]POC(CC)(CC)C(C)(CC)CC. The summed E-state index contributed by atoms with van der Waals surface area (Å²) in [6.45, 7) is 11.2. The van der Waals surface area contributed by atoms with Crippen LogP contribution in [0.2, 0.25) is 0 Å². The highest BCUT2D eigenvalue weighted by Crippen LogP contribution is 2.47. The minimum absolute atomic E-state index is 0.0241. The van der Waals surface area contributed by atoms with Crippen molar-refractivity contribution in [2.75, 3.05) is 0 Å². The second kappa shape index (κ2) is 6.13. The van der Waals surface area contributed by atoms with E-state index in [1.54, 1.807) is 0 Å². The molecule has 82 valence electrons. The summed E-state index contributed by atoms with van der Waals surface area (Å²) in [5, 5.41) is 0. The lowest BCUT2D eigenvalue weighted by Crippen LogP contribution is -2.45. The molecule has 0 spiro atoms. The molecule has 1 nitrogen and oxygen atoms in total. The molecule has 2 radical (unpaired) electrons. The van der Waals surface area contributed by atoms with Gasteiger partial charge < -0.3 is 4.52 Å². The maximum atomic E-state index is 5.88. The van der Waals surface area contributed by atoms with Crippen molar-refractivity contribution in [3.05, 3.63) is 0 Å². The van der Waals surface area contributed by atoms with E-state index in [0.717, 1.165) is 25.7 Å². The molecule has 0 bridgehead atoms. The molecule has 0 aliphatic carbocycles. The molecule has 0 amide bonds. The first-order valence-corrected chi connectivity index (χ1v) is 6.68. The second-order valence-corrected chi connectivity index (χ2v) is 4.63. The molecule has 0 heterocycles. The largest absolute Gasteiger partial charge is 0.367 e. The Bertz CT molecular complexity index is 153. The summed E-state index contributed by atoms with van der Waals surface area (Å²) in [6, 6.07) is 0. The zero-order valence-electron chi connectivity index (χ0n) is 10.3. The first-order valence-electron chi connectivity index (χ1n) is 5.69. The molecule has 0 saturated carbocycles. The average Bonchev–Trinajstić information content (AvgIpc) is 2.24. The summed E-state index contributed by atoms with van der Waals surface area (Å²) in [4.78, 5) is 0. The molecule has 1 atom stereocenters. The van der Waals surface area contributed by atoms with Gasteiger partial charge in [0.15, 0.2) is 0 Å². The summed E-state index contributed by atoms with van der Waals surface area (Å²) in [5.74, 6) is 0. The number of hydrogen-bond donors (Lipinski definition) is 0. The number of hydrogen-bond acceptors (Lipinski definition) is 1. The molecule has 0 fully saturated rings. The van der Waals surface area contributed by atoms with Gasteiger partial charge >= 0.3 is 0 Å². The molecule has 14 heavy (non-hydrogen) atoms. The van der Waals surface area contributed by atoms with Crippen LogP contribution in [0, 0.1) is 5.41 Å². The first kappa shape index (κ1) is 14.5. The van der Waals surface area contributed by atoms with E-state index in [-0.39, 0.29) is 19.7 Å². The quantitative estimate of drug-likeness (QED) is 0.458. The van der Waals surface area contributed by atoms with Crippen LogP contribution in [0.25, 0.3) is 0 Å². The van der Waals surface area contributed by atoms with Crippen LogP contribution in [0.15, 0.2) is 0 Å². The molecule has 0 saturated heterocycles. The van der Waals surface area contributed by atoms with E-state index in [1.165, 1.54) is 0 Å². The Labute approximate surface area is 92.6 Å². The lowest BCUT2D eigenvalue weighted by atomic mass is 9.67. The summed E-state index contributed by atoms with van der Waals surface area (Å²) < 4.78 is 5.88. The van der Waals surface area contributed by atoms with Crippen LogP contribution in [-0.4, -0.2) is 13.2 Å². The van der Waals surface area contributed by atoms with Crippen molar-refractivity contribution in [2.24, 2.45) is 5.41 Å². The highest BCUT2D eigenvalue weighted by molar-refractivity contribution is 7.62. The molecule has 0 aliphatic heterocycles. The van der Waals surface area contributed by atoms with Crippen LogP contribution >= 0.6 is 8.69 Å². The van der Waals surface area contributed by atoms with Crippen LogP contribution in [0.1, 0.15) is 60.3 Å². The van der Waals surface area contributed by atoms with Gasteiger partial charge in [0.25, 0.3) is 0 Å². The summed E-state index contributed by atoms with van der Waals surface area (Å²) in [6.07, 6.45) is 4.39. The fourth-order valence-electron chi connectivity index (χ4n) is 2.38. The summed E-state index contributed by atoms with van der Waals surface area (Å²) in [5.41, 5.74) is 0.229. The molecule has 3 heteroatoms. The van der Waals surface area contributed by atoms with E-state index in [4.69, 9.17) is 12.1 Å². The van der Waals surface area contributed by atoms with Gasteiger partial charge in [-0.3, -0.25) is 0 Å². The third-order valence-corrected chi connectivity index (χ3v) is 4.57. The van der Waals surface area contributed by atoms with Gasteiger partial charge in [-0.25, -0.2) is 0 Å². The van der Waals surface area contributed by atoms with Gasteiger partial charge in [0.1, 0.15) is 7.57 Å². The van der Waals surface area contributed by atoms with Gasteiger partial charge in [0.05, 0.1) is 5.60 Å². The van der Waals surface area contributed by atoms with Crippen LogP contribution in [-0.2, 0) is 4.52 Å². The molecule has 0 aliphatic rings. The third-order valence-electron chi connectivity index (χ3n) is 4.06. The van der Waals surface area contributed by atoms with Gasteiger partial charge in [-0.1, -0.05) is 34.6 Å². The Morgan fingerprint density at radius 1 is 1.00 bits per heavy atom. The van der Waals surface area contributed by atoms with E-state index >= 15 is 0 Å². The molecule has 0 N–H and O–H groups in total. The molecule has 0 aromatic rings. The Hall–Kier alpha value is 0.455. The van der Waals surface area contributed by atoms with Crippen LogP contribution in [0.4, 0.5) is 0 Å². The van der Waals surface area contributed by atoms with Crippen molar-refractivity contribution in [1.29, 1.82) is 0 Å². The molecule has 0 aromatic heterocycles. The van der Waals surface area contributed by atoms with E-state index in [0.29, 0.717) is 0 Å². The van der Waals surface area contributed by atoms with Crippen molar-refractivity contribution in [3.63, 3.8) is 0 Å². The number of rotatable bonds is 7. The molecular formula is C11H24BOP. The van der Waals surface area contributed by atoms with E-state index < -0.39 is 0 Å². The van der Waals surface area contributed by atoms with Crippen molar-refractivity contribution in [2.45, 2.75) is 65.9 Å². The molecule has 1 unspecified atom stereocenters. The fraction of sp³-hybridized carbons (Fsp3) is 1.00. The predicted molar refractivity (Wildman–Crippen MR) is 67.2 cm³/mol. The van der Waals surface area contributed by atoms with Crippen molar-refractivity contribution in [1.82, 2.24) is 0 Å². The zero-order valence-corrected chi connectivity index (χ0v) is 11.3. The third kappa shape index (κ3) is 2.52. The fourth-order valence-corrected chi connectivity index (χ4v) is 3.14. The highest BCUT2D eigenvalue weighted by Gasteiger charge is 2.43. The standard InChI is InChI=1S/C11H24BOP/c1-6-10(5,7-2)11(8-3,9-4)13-14-12/h14H,6-9H2,1-5H3. The normalized spacial score (nSPS) is 14.1. The van der Waals surface area contributed by atoms with Gasteiger partial charge in [-0.05, 0) is 39.8 Å². The smallest absolute Gasteiger partial charge is 0.144 e. The molecular weight excluding hydrogens is 190 g/mol. The van der Waals surface area contributed by atoms with Gasteiger partial charge in [-0.15, -0.1) is 0 Å².